The van der Waals surface area contributed by atoms with Crippen LogP contribution in [0.2, 0.25) is 0 Å². The van der Waals surface area contributed by atoms with E-state index in [1.54, 1.807) is 30.7 Å². The standard InChI is InChI=1S/C27H27F3IN5O2/c28-27(29,30)19-1-3-20(4-2-19)35-13-9-21(10-14-35)38-22-5-6-23(33-15-22)26(37)34-24-17-36(25(24)31)16-18-7-11-32-12-8-18/h1-8,11-12,15,21,24-25H,9-10,13-14,16-17H2,(H,34,37). The lowest BCUT2D eigenvalue weighted by Crippen LogP contribution is -2.63. The van der Waals surface area contributed by atoms with Crippen molar-refractivity contribution in [3.8, 4) is 5.75 Å². The fourth-order valence-electron chi connectivity index (χ4n) is 4.66. The van der Waals surface area contributed by atoms with E-state index in [-0.39, 0.29) is 22.1 Å². The number of hydrogen-bond donors (Lipinski definition) is 1. The number of likely N-dealkylation sites (tertiary alicyclic amines) is 1. The van der Waals surface area contributed by atoms with E-state index in [1.165, 1.54) is 17.7 Å². The lowest BCUT2D eigenvalue weighted by Gasteiger charge is -2.45. The normalized spacial score (nSPS) is 20.6. The summed E-state index contributed by atoms with van der Waals surface area (Å²) < 4.78 is 44.7. The summed E-state index contributed by atoms with van der Waals surface area (Å²) in [6.45, 7) is 2.95. The van der Waals surface area contributed by atoms with Crippen LogP contribution in [0.5, 0.6) is 5.75 Å². The summed E-state index contributed by atoms with van der Waals surface area (Å²) in [5.74, 6) is 0.380. The second-order valence-corrected chi connectivity index (χ2v) is 10.7. The second kappa shape index (κ2) is 11.4. The highest BCUT2D eigenvalue weighted by Gasteiger charge is 2.38. The molecule has 0 bridgehead atoms. The van der Waals surface area contributed by atoms with Crippen LogP contribution in [0, 0.1) is 0 Å². The minimum Gasteiger partial charge on any atom is -0.489 e. The van der Waals surface area contributed by atoms with Gasteiger partial charge in [-0.15, -0.1) is 0 Å². The van der Waals surface area contributed by atoms with Crippen LogP contribution in [0.4, 0.5) is 18.9 Å². The van der Waals surface area contributed by atoms with E-state index >= 15 is 0 Å². The molecule has 2 saturated heterocycles. The molecule has 5 rings (SSSR count). The second-order valence-electron chi connectivity index (χ2n) is 9.47. The van der Waals surface area contributed by atoms with Crippen molar-refractivity contribution >= 4 is 34.2 Å². The average Bonchev–Trinajstić information content (AvgIpc) is 2.93. The Hall–Kier alpha value is -2.93. The van der Waals surface area contributed by atoms with Crippen LogP contribution in [-0.4, -0.2) is 56.6 Å². The molecule has 0 saturated carbocycles. The van der Waals surface area contributed by atoms with E-state index in [4.69, 9.17) is 4.74 Å². The Kier molecular flexibility index (Phi) is 8.03. The predicted molar refractivity (Wildman–Crippen MR) is 145 cm³/mol. The van der Waals surface area contributed by atoms with E-state index in [0.717, 1.165) is 43.8 Å². The summed E-state index contributed by atoms with van der Waals surface area (Å²) in [6.07, 6.45) is 2.24. The number of amides is 1. The molecule has 11 heteroatoms. The summed E-state index contributed by atoms with van der Waals surface area (Å²) in [4.78, 5) is 25.4. The summed E-state index contributed by atoms with van der Waals surface area (Å²) in [5, 5.41) is 3.06. The van der Waals surface area contributed by atoms with Gasteiger partial charge in [0.15, 0.2) is 0 Å². The van der Waals surface area contributed by atoms with Crippen LogP contribution >= 0.6 is 22.6 Å². The number of nitrogens with zero attached hydrogens (tertiary/aromatic N) is 4. The van der Waals surface area contributed by atoms with Gasteiger partial charge in [-0.25, -0.2) is 4.98 Å². The van der Waals surface area contributed by atoms with Gasteiger partial charge in [-0.2, -0.15) is 13.2 Å². The van der Waals surface area contributed by atoms with E-state index < -0.39 is 11.7 Å². The molecule has 7 nitrogen and oxygen atoms in total. The molecule has 0 aliphatic carbocycles. The first-order chi connectivity index (χ1) is 18.3. The molecule has 2 aliphatic heterocycles. The fraction of sp³-hybridized carbons (Fsp3) is 0.370. The number of aromatic nitrogens is 2. The topological polar surface area (TPSA) is 70.6 Å². The lowest BCUT2D eigenvalue weighted by atomic mass is 10.1. The molecule has 2 atom stereocenters. The number of pyridine rings is 2. The third-order valence-electron chi connectivity index (χ3n) is 6.84. The van der Waals surface area contributed by atoms with E-state index in [0.29, 0.717) is 24.5 Å². The van der Waals surface area contributed by atoms with Gasteiger partial charge in [0.2, 0.25) is 0 Å². The fourth-order valence-corrected chi connectivity index (χ4v) is 5.49. The first kappa shape index (κ1) is 26.7. The van der Waals surface area contributed by atoms with Gasteiger partial charge in [0.25, 0.3) is 5.91 Å². The summed E-state index contributed by atoms with van der Waals surface area (Å²) in [5.41, 5.74) is 1.66. The zero-order valence-electron chi connectivity index (χ0n) is 20.4. The van der Waals surface area contributed by atoms with Gasteiger partial charge in [0, 0.05) is 57.1 Å². The molecule has 200 valence electrons. The van der Waals surface area contributed by atoms with Crippen LogP contribution in [-0.2, 0) is 12.7 Å². The Balaban J connectivity index is 1.06. The van der Waals surface area contributed by atoms with Crippen molar-refractivity contribution in [2.45, 2.75) is 41.8 Å². The third-order valence-corrected chi connectivity index (χ3v) is 8.49. The van der Waals surface area contributed by atoms with E-state index in [9.17, 15) is 18.0 Å². The Labute approximate surface area is 232 Å². The highest BCUT2D eigenvalue weighted by molar-refractivity contribution is 14.1. The molecule has 1 N–H and O–H groups in total. The summed E-state index contributed by atoms with van der Waals surface area (Å²) >= 11 is 2.35. The first-order valence-electron chi connectivity index (χ1n) is 12.4. The number of alkyl halides is 4. The molecule has 38 heavy (non-hydrogen) atoms. The smallest absolute Gasteiger partial charge is 0.416 e. The van der Waals surface area contributed by atoms with Gasteiger partial charge >= 0.3 is 6.18 Å². The highest BCUT2D eigenvalue weighted by atomic mass is 127. The number of rotatable bonds is 7. The predicted octanol–water partition coefficient (Wildman–Crippen LogP) is 4.92. The maximum absolute atomic E-state index is 12.8. The highest BCUT2D eigenvalue weighted by Crippen LogP contribution is 2.31. The van der Waals surface area contributed by atoms with Gasteiger partial charge in [0.05, 0.1) is 21.9 Å². The maximum Gasteiger partial charge on any atom is 0.416 e. The van der Waals surface area contributed by atoms with Crippen molar-refractivity contribution in [2.24, 2.45) is 0 Å². The molecule has 2 aromatic heterocycles. The van der Waals surface area contributed by atoms with Crippen molar-refractivity contribution < 1.29 is 22.7 Å². The third kappa shape index (κ3) is 6.37. The van der Waals surface area contributed by atoms with Crippen molar-refractivity contribution in [1.82, 2.24) is 20.2 Å². The monoisotopic (exact) mass is 637 g/mol. The van der Waals surface area contributed by atoms with Gasteiger partial charge in [-0.1, -0.05) is 22.6 Å². The zero-order valence-corrected chi connectivity index (χ0v) is 22.6. The van der Waals surface area contributed by atoms with Crippen LogP contribution in [0.3, 0.4) is 0 Å². The van der Waals surface area contributed by atoms with Crippen LogP contribution < -0.4 is 15.0 Å². The number of benzene rings is 1. The number of carbonyl (C=O) groups excluding carboxylic acids is 1. The molecule has 0 radical (unpaired) electrons. The molecule has 4 heterocycles. The van der Waals surface area contributed by atoms with Crippen molar-refractivity contribution in [1.29, 1.82) is 0 Å². The number of nitrogens with one attached hydrogen (secondary N) is 1. The van der Waals surface area contributed by atoms with Crippen LogP contribution in [0.1, 0.15) is 34.5 Å². The van der Waals surface area contributed by atoms with Gasteiger partial charge < -0.3 is 15.0 Å². The molecule has 2 fully saturated rings. The number of anilines is 1. The van der Waals surface area contributed by atoms with E-state index in [2.05, 4.69) is 47.7 Å². The first-order valence-corrected chi connectivity index (χ1v) is 13.6. The minimum absolute atomic E-state index is 0.0247. The molecule has 1 amide bonds. The van der Waals surface area contributed by atoms with E-state index in [1.807, 2.05) is 12.1 Å². The molecule has 2 aliphatic rings. The van der Waals surface area contributed by atoms with Crippen molar-refractivity contribution in [2.75, 3.05) is 24.5 Å². The number of ether oxygens (including phenoxy) is 1. The molecule has 0 spiro atoms. The van der Waals surface area contributed by atoms with Crippen LogP contribution in [0.15, 0.2) is 67.1 Å². The van der Waals surface area contributed by atoms with Crippen molar-refractivity contribution in [3.05, 3.63) is 83.9 Å². The summed E-state index contributed by atoms with van der Waals surface area (Å²) in [7, 11) is 0. The van der Waals surface area contributed by atoms with Gasteiger partial charge in [-0.05, 0) is 54.1 Å². The number of halogens is 4. The average molecular weight is 637 g/mol. The maximum atomic E-state index is 12.8. The number of carbonyl (C=O) groups is 1. The Morgan fingerprint density at radius 2 is 1.76 bits per heavy atom. The van der Waals surface area contributed by atoms with Crippen molar-refractivity contribution in [3.63, 3.8) is 0 Å². The van der Waals surface area contributed by atoms with Crippen LogP contribution in [0.25, 0.3) is 0 Å². The summed E-state index contributed by atoms with van der Waals surface area (Å²) in [6, 6.07) is 12.7. The molecular formula is C27H27F3IN5O2. The minimum atomic E-state index is -4.33. The number of piperidine rings is 1. The Bertz CT molecular complexity index is 1220. The largest absolute Gasteiger partial charge is 0.489 e. The lowest BCUT2D eigenvalue weighted by molar-refractivity contribution is -0.137. The quantitative estimate of drug-likeness (QED) is 0.226. The Morgan fingerprint density at radius 3 is 2.37 bits per heavy atom. The molecule has 3 aromatic rings. The Morgan fingerprint density at radius 1 is 1.05 bits per heavy atom. The van der Waals surface area contributed by atoms with Gasteiger partial charge in [0.1, 0.15) is 17.5 Å². The number of hydrogen-bond acceptors (Lipinski definition) is 6. The molecule has 2 unspecified atom stereocenters. The molecule has 1 aromatic carbocycles. The zero-order chi connectivity index (χ0) is 26.7. The molecular weight excluding hydrogens is 610 g/mol. The SMILES string of the molecule is O=C(NC1CN(Cc2ccncc2)C1I)c1ccc(OC2CCN(c3ccc(C(F)(F)F)cc3)CC2)cn1. The van der Waals surface area contributed by atoms with Gasteiger partial charge in [-0.3, -0.25) is 14.7 Å².